The molecule has 218 valence electrons. The standard InChI is InChI=1S/C30H38ClN7O3/c1-32-29(40)23-7-3-4-9-25(23)34-28-24(31)19-33-30(36-28)35-26-11-10-20-18-21(6-5-8-22(20)27(26)41-2)38-14-12-37(13-15-38)16-17-39/h3-4,7,9-11,19,21,39H,5-6,8,12-18H2,1-2H3,(H,32,40)(H2,33,34,35,36). The van der Waals surface area contributed by atoms with E-state index in [1.807, 2.05) is 12.1 Å². The minimum absolute atomic E-state index is 0.211. The molecule has 0 bridgehead atoms. The van der Waals surface area contributed by atoms with E-state index in [2.05, 4.69) is 41.8 Å². The number of carbonyl (C=O) groups excluding carboxylic acids is 1. The third-order valence-electron chi connectivity index (χ3n) is 7.96. The molecule has 2 aliphatic rings. The van der Waals surface area contributed by atoms with E-state index in [0.29, 0.717) is 34.1 Å². The number of hydrogen-bond acceptors (Lipinski definition) is 9. The van der Waals surface area contributed by atoms with Gasteiger partial charge in [0.1, 0.15) is 10.8 Å². The molecule has 10 nitrogen and oxygen atoms in total. The van der Waals surface area contributed by atoms with E-state index in [0.717, 1.165) is 69.8 Å². The van der Waals surface area contributed by atoms with E-state index in [1.54, 1.807) is 32.4 Å². The van der Waals surface area contributed by atoms with Crippen molar-refractivity contribution >= 4 is 40.6 Å². The highest BCUT2D eigenvalue weighted by molar-refractivity contribution is 6.33. The van der Waals surface area contributed by atoms with Crippen molar-refractivity contribution < 1.29 is 14.6 Å². The molecule has 0 radical (unpaired) electrons. The fourth-order valence-corrected chi connectivity index (χ4v) is 5.97. The van der Waals surface area contributed by atoms with Gasteiger partial charge in [0, 0.05) is 45.8 Å². The Kier molecular flexibility index (Phi) is 9.56. The molecule has 1 saturated heterocycles. The van der Waals surface area contributed by atoms with Gasteiger partial charge in [-0.15, -0.1) is 0 Å². The zero-order valence-corrected chi connectivity index (χ0v) is 24.4. The number of benzene rings is 2. The third-order valence-corrected chi connectivity index (χ3v) is 8.24. The molecule has 41 heavy (non-hydrogen) atoms. The molecule has 1 aliphatic heterocycles. The predicted molar refractivity (Wildman–Crippen MR) is 162 cm³/mol. The van der Waals surface area contributed by atoms with Crippen molar-refractivity contribution in [3.8, 4) is 5.75 Å². The third kappa shape index (κ3) is 6.73. The number of methoxy groups -OCH3 is 1. The van der Waals surface area contributed by atoms with Gasteiger partial charge in [0.05, 0.1) is 36.9 Å². The Balaban J connectivity index is 1.34. The average molecular weight is 580 g/mol. The topological polar surface area (TPSA) is 115 Å². The van der Waals surface area contributed by atoms with Crippen LogP contribution < -0.4 is 20.7 Å². The zero-order valence-electron chi connectivity index (χ0n) is 23.6. The van der Waals surface area contributed by atoms with Gasteiger partial charge in [-0.05, 0) is 55.0 Å². The lowest BCUT2D eigenvalue weighted by atomic mass is 9.98. The smallest absolute Gasteiger partial charge is 0.253 e. The Hall–Kier alpha value is -3.44. The number of nitrogens with zero attached hydrogens (tertiary/aromatic N) is 4. The summed E-state index contributed by atoms with van der Waals surface area (Å²) in [5.41, 5.74) is 4.41. The fraction of sp³-hybridized carbons (Fsp3) is 0.433. The summed E-state index contributed by atoms with van der Waals surface area (Å²) in [6, 6.07) is 11.9. The van der Waals surface area contributed by atoms with E-state index < -0.39 is 0 Å². The van der Waals surface area contributed by atoms with Crippen LogP contribution in [0.5, 0.6) is 5.75 Å². The number of amides is 1. The number of ether oxygens (including phenoxy) is 1. The number of hydrogen-bond donors (Lipinski definition) is 4. The number of carbonyl (C=O) groups is 1. The van der Waals surface area contributed by atoms with Gasteiger partial charge >= 0.3 is 0 Å². The molecule has 0 saturated carbocycles. The van der Waals surface area contributed by atoms with E-state index in [-0.39, 0.29) is 12.5 Å². The highest BCUT2D eigenvalue weighted by Gasteiger charge is 2.28. The molecule has 1 unspecified atom stereocenters. The first-order valence-electron chi connectivity index (χ1n) is 14.1. The molecule has 1 atom stereocenters. The molecule has 0 spiro atoms. The summed E-state index contributed by atoms with van der Waals surface area (Å²) in [5.74, 6) is 1.35. The number of para-hydroxylation sites is 1. The van der Waals surface area contributed by atoms with Crippen LogP contribution in [0.4, 0.5) is 23.1 Å². The van der Waals surface area contributed by atoms with Gasteiger partial charge in [-0.1, -0.05) is 29.8 Å². The van der Waals surface area contributed by atoms with Crippen LogP contribution in [-0.2, 0) is 12.8 Å². The Morgan fingerprint density at radius 3 is 2.68 bits per heavy atom. The van der Waals surface area contributed by atoms with Crippen LogP contribution in [0.1, 0.15) is 34.3 Å². The van der Waals surface area contributed by atoms with Crippen molar-refractivity contribution in [1.29, 1.82) is 0 Å². The molecule has 2 heterocycles. The summed E-state index contributed by atoms with van der Waals surface area (Å²) in [6.45, 7) is 5.06. The lowest BCUT2D eigenvalue weighted by Gasteiger charge is -2.39. The van der Waals surface area contributed by atoms with Crippen LogP contribution in [0.3, 0.4) is 0 Å². The molecule has 4 N–H and O–H groups in total. The number of anilines is 4. The molecule has 1 aromatic heterocycles. The predicted octanol–water partition coefficient (Wildman–Crippen LogP) is 3.84. The summed E-state index contributed by atoms with van der Waals surface area (Å²) in [7, 11) is 3.29. The molecular formula is C30H38ClN7O3. The molecule has 1 amide bonds. The maximum atomic E-state index is 12.3. The van der Waals surface area contributed by atoms with Crippen molar-refractivity contribution in [3.05, 3.63) is 64.3 Å². The minimum Gasteiger partial charge on any atom is -0.494 e. The first kappa shape index (κ1) is 29.1. The van der Waals surface area contributed by atoms with Gasteiger partial charge in [-0.2, -0.15) is 4.98 Å². The first-order chi connectivity index (χ1) is 20.0. The molecular weight excluding hydrogens is 542 g/mol. The quantitative estimate of drug-likeness (QED) is 0.281. The minimum atomic E-state index is -0.211. The summed E-state index contributed by atoms with van der Waals surface area (Å²) < 4.78 is 5.95. The number of β-amino-alcohol motifs (C(OH)–C–C–N with tert-alkyl or cyclic N) is 1. The second-order valence-electron chi connectivity index (χ2n) is 10.4. The van der Waals surface area contributed by atoms with E-state index in [1.165, 1.54) is 17.3 Å². The summed E-state index contributed by atoms with van der Waals surface area (Å²) in [6.07, 6.45) is 5.70. The molecule has 1 aliphatic carbocycles. The summed E-state index contributed by atoms with van der Waals surface area (Å²) >= 11 is 6.43. The maximum Gasteiger partial charge on any atom is 0.253 e. The Bertz CT molecular complexity index is 1360. The molecule has 5 rings (SSSR count). The van der Waals surface area contributed by atoms with Crippen LogP contribution in [0.25, 0.3) is 0 Å². The van der Waals surface area contributed by atoms with Gasteiger partial charge in [-0.3, -0.25) is 14.6 Å². The monoisotopic (exact) mass is 579 g/mol. The van der Waals surface area contributed by atoms with Crippen LogP contribution in [-0.4, -0.2) is 90.3 Å². The number of aromatic nitrogens is 2. The fourth-order valence-electron chi connectivity index (χ4n) is 5.83. The van der Waals surface area contributed by atoms with Crippen LogP contribution in [0.15, 0.2) is 42.6 Å². The highest BCUT2D eigenvalue weighted by Crippen LogP contribution is 2.38. The number of piperazine rings is 1. The van der Waals surface area contributed by atoms with Gasteiger partial charge in [0.25, 0.3) is 5.91 Å². The van der Waals surface area contributed by atoms with Crippen molar-refractivity contribution in [2.75, 3.05) is 64.1 Å². The Labute approximate surface area is 246 Å². The SMILES string of the molecule is CNC(=O)c1ccccc1Nc1nc(Nc2ccc3c(c2OC)CCCC(N2CCN(CCO)CC2)C3)ncc1Cl. The number of aliphatic hydroxyl groups is 1. The van der Waals surface area contributed by atoms with Gasteiger partial charge in [0.15, 0.2) is 5.82 Å². The second-order valence-corrected chi connectivity index (χ2v) is 10.8. The first-order valence-corrected chi connectivity index (χ1v) is 14.5. The van der Waals surface area contributed by atoms with Crippen molar-refractivity contribution in [2.24, 2.45) is 0 Å². The number of aliphatic hydroxyl groups excluding tert-OH is 1. The Morgan fingerprint density at radius 1 is 1.12 bits per heavy atom. The number of fused-ring (bicyclic) bond motifs is 1. The number of halogens is 1. The van der Waals surface area contributed by atoms with Gasteiger partial charge in [-0.25, -0.2) is 4.98 Å². The molecule has 3 aromatic rings. The van der Waals surface area contributed by atoms with Crippen molar-refractivity contribution in [2.45, 2.75) is 31.7 Å². The lowest BCUT2D eigenvalue weighted by molar-refractivity contribution is 0.0805. The van der Waals surface area contributed by atoms with Crippen molar-refractivity contribution in [1.82, 2.24) is 25.1 Å². The van der Waals surface area contributed by atoms with Crippen LogP contribution >= 0.6 is 11.6 Å². The largest absolute Gasteiger partial charge is 0.494 e. The maximum absolute atomic E-state index is 12.3. The normalized spacial score (nSPS) is 17.8. The summed E-state index contributed by atoms with van der Waals surface area (Å²) in [4.78, 5) is 26.3. The highest BCUT2D eigenvalue weighted by atomic mass is 35.5. The summed E-state index contributed by atoms with van der Waals surface area (Å²) in [5, 5.41) is 18.8. The molecule has 11 heteroatoms. The van der Waals surface area contributed by atoms with E-state index in [4.69, 9.17) is 16.3 Å². The zero-order chi connectivity index (χ0) is 28.8. The van der Waals surface area contributed by atoms with Crippen LogP contribution in [0.2, 0.25) is 5.02 Å². The van der Waals surface area contributed by atoms with Crippen molar-refractivity contribution in [3.63, 3.8) is 0 Å². The number of nitrogens with one attached hydrogen (secondary N) is 3. The Morgan fingerprint density at radius 2 is 1.93 bits per heavy atom. The number of rotatable bonds is 9. The lowest BCUT2D eigenvalue weighted by Crippen LogP contribution is -2.51. The van der Waals surface area contributed by atoms with E-state index in [9.17, 15) is 9.90 Å². The van der Waals surface area contributed by atoms with Gasteiger partial charge in [0.2, 0.25) is 5.95 Å². The van der Waals surface area contributed by atoms with Gasteiger partial charge < -0.3 is 25.8 Å². The average Bonchev–Trinajstić information content (AvgIpc) is 3.22. The molecule has 1 fully saturated rings. The van der Waals surface area contributed by atoms with E-state index >= 15 is 0 Å². The molecule has 2 aromatic carbocycles. The second kappa shape index (κ2) is 13.5. The van der Waals surface area contributed by atoms with Crippen LogP contribution in [0, 0.1) is 0 Å².